The molecule has 2 aliphatic rings. The third-order valence-corrected chi connectivity index (χ3v) is 12.2. The number of carbonyl (C=O) groups is 5. The van der Waals surface area contributed by atoms with Gasteiger partial charge in [-0.05, 0) is 34.7 Å². The molecule has 14 nitrogen and oxygen atoms in total. The summed E-state index contributed by atoms with van der Waals surface area (Å²) in [6, 6.07) is 6.14. The number of hydrogen-bond acceptors (Lipinski definition) is 9. The molecule has 7 atom stereocenters. The second kappa shape index (κ2) is 21.2. The Labute approximate surface area is 361 Å². The van der Waals surface area contributed by atoms with Crippen LogP contribution in [0.2, 0.25) is 0 Å². The Kier molecular flexibility index (Phi) is 17.0. The Morgan fingerprint density at radius 1 is 0.917 bits per heavy atom. The molecule has 15 heteroatoms. The summed E-state index contributed by atoms with van der Waals surface area (Å²) in [7, 11) is 0. The third-order valence-electron chi connectivity index (χ3n) is 11.4. The van der Waals surface area contributed by atoms with E-state index in [0.717, 1.165) is 5.56 Å². The smallest absolute Gasteiger partial charge is 0.244 e. The molecule has 3 unspecified atom stereocenters. The molecule has 2 saturated heterocycles. The van der Waals surface area contributed by atoms with Crippen molar-refractivity contribution in [2.24, 2.45) is 39.3 Å². The van der Waals surface area contributed by atoms with Crippen LogP contribution in [0.15, 0.2) is 59.1 Å². The van der Waals surface area contributed by atoms with Crippen molar-refractivity contribution >= 4 is 46.7 Å². The van der Waals surface area contributed by atoms with Gasteiger partial charge in [-0.25, -0.2) is 4.98 Å². The molecule has 330 valence electrons. The highest BCUT2D eigenvalue weighted by atomic mass is 32.1. The minimum Gasteiger partial charge on any atom is -0.368 e. The molecule has 0 aliphatic carbocycles. The van der Waals surface area contributed by atoms with E-state index >= 15 is 0 Å². The Morgan fingerprint density at radius 2 is 1.58 bits per heavy atom. The van der Waals surface area contributed by atoms with Gasteiger partial charge in [-0.1, -0.05) is 112 Å². The number of aromatic nitrogens is 1. The zero-order valence-corrected chi connectivity index (χ0v) is 38.1. The number of rotatable bonds is 16. The van der Waals surface area contributed by atoms with Crippen molar-refractivity contribution < 1.29 is 24.0 Å². The number of amides is 5. The second-order valence-electron chi connectivity index (χ2n) is 18.8. The minimum atomic E-state index is -1.05. The van der Waals surface area contributed by atoms with Crippen molar-refractivity contribution in [2.45, 2.75) is 112 Å². The summed E-state index contributed by atoms with van der Waals surface area (Å²) in [4.78, 5) is 81.8. The number of nitrogens with zero attached hydrogens (tertiary/aromatic N) is 4. The molecule has 0 radical (unpaired) electrons. The Balaban J connectivity index is 1.71. The van der Waals surface area contributed by atoms with Crippen molar-refractivity contribution in [3.05, 3.63) is 64.6 Å². The van der Waals surface area contributed by atoms with Crippen molar-refractivity contribution in [2.75, 3.05) is 39.3 Å². The quantitative estimate of drug-likeness (QED) is 0.0933. The van der Waals surface area contributed by atoms with Crippen LogP contribution in [0, 0.1) is 28.6 Å². The summed E-state index contributed by atoms with van der Waals surface area (Å²) < 4.78 is 0. The van der Waals surface area contributed by atoms with Gasteiger partial charge < -0.3 is 36.8 Å². The van der Waals surface area contributed by atoms with E-state index in [1.807, 2.05) is 70.3 Å². The summed E-state index contributed by atoms with van der Waals surface area (Å²) in [5.74, 6) is -2.04. The van der Waals surface area contributed by atoms with E-state index in [-0.39, 0.29) is 42.5 Å². The molecule has 2 aromatic rings. The molecule has 5 amide bonds. The van der Waals surface area contributed by atoms with Gasteiger partial charge >= 0.3 is 0 Å². The van der Waals surface area contributed by atoms with Crippen LogP contribution < -0.4 is 27.0 Å². The van der Waals surface area contributed by atoms with Crippen LogP contribution in [0.3, 0.4) is 0 Å². The standard InChI is InChI=1S/C45H69N9O5S/c1-28(2)16-17-32(44(5,6)7)40(49-27-35(56)54-22-18-29(3)37(54)39(46)57)52-38(45(8,9)10)42(59)51-36(30(4)31-14-12-11-13-15-31)41(58)50-33(43-48-21-25-60-43)26-34(55)53-23-19-47-20-24-53/h11-17,21,25,28-30,32-33,36-38,47H,18-20,22-24,26-27H2,1-10H3,(H2,46,57)(H,49,52)(H,50,58)(H,51,59)/b17-16+/t29-,30+,32?,33-,36?,37+,38?/m1/s1. The van der Waals surface area contributed by atoms with Crippen LogP contribution in [0.1, 0.15) is 105 Å². The normalized spacial score (nSPS) is 20.4. The maximum absolute atomic E-state index is 14.9. The van der Waals surface area contributed by atoms with Gasteiger partial charge in [-0.15, -0.1) is 11.3 Å². The number of thiazole rings is 1. The van der Waals surface area contributed by atoms with E-state index in [2.05, 4.69) is 73.0 Å². The van der Waals surface area contributed by atoms with Crippen LogP contribution in [-0.2, 0) is 24.0 Å². The van der Waals surface area contributed by atoms with Crippen LogP contribution >= 0.6 is 11.3 Å². The lowest BCUT2D eigenvalue weighted by atomic mass is 9.78. The van der Waals surface area contributed by atoms with Gasteiger partial charge in [0.1, 0.15) is 35.5 Å². The number of piperazine rings is 1. The predicted molar refractivity (Wildman–Crippen MR) is 238 cm³/mol. The van der Waals surface area contributed by atoms with Crippen LogP contribution in [0.4, 0.5) is 0 Å². The topological polar surface area (TPSA) is 191 Å². The monoisotopic (exact) mass is 848 g/mol. The van der Waals surface area contributed by atoms with E-state index in [0.29, 0.717) is 50.0 Å². The first kappa shape index (κ1) is 48.0. The number of nitrogens with one attached hydrogen (secondary N) is 4. The maximum atomic E-state index is 14.9. The highest BCUT2D eigenvalue weighted by Crippen LogP contribution is 2.31. The van der Waals surface area contributed by atoms with E-state index in [9.17, 15) is 24.0 Å². The first-order valence-corrected chi connectivity index (χ1v) is 22.2. The summed E-state index contributed by atoms with van der Waals surface area (Å²) >= 11 is 1.36. The molecule has 2 aliphatic heterocycles. The molecule has 4 rings (SSSR count). The zero-order valence-electron chi connectivity index (χ0n) is 37.3. The fourth-order valence-corrected chi connectivity index (χ4v) is 8.46. The van der Waals surface area contributed by atoms with Crippen molar-refractivity contribution in [3.8, 4) is 0 Å². The van der Waals surface area contributed by atoms with Gasteiger partial charge in [-0.3, -0.25) is 29.0 Å². The van der Waals surface area contributed by atoms with Crippen molar-refractivity contribution in [3.63, 3.8) is 0 Å². The van der Waals surface area contributed by atoms with E-state index in [4.69, 9.17) is 10.7 Å². The number of allylic oxidation sites excluding steroid dienone is 1. The van der Waals surface area contributed by atoms with E-state index in [1.54, 1.807) is 11.1 Å². The summed E-state index contributed by atoms with van der Waals surface area (Å²) in [5, 5.41) is 15.4. The average Bonchev–Trinajstić information content (AvgIpc) is 3.87. The largest absolute Gasteiger partial charge is 0.368 e. The molecule has 0 bridgehead atoms. The second-order valence-corrected chi connectivity index (χ2v) is 19.7. The number of carbonyl (C=O) groups excluding carboxylic acids is 5. The fourth-order valence-electron chi connectivity index (χ4n) is 7.77. The molecule has 60 heavy (non-hydrogen) atoms. The minimum absolute atomic E-state index is 0.0268. The molecule has 1 aromatic heterocycles. The summed E-state index contributed by atoms with van der Waals surface area (Å²) in [6.45, 7) is 22.7. The average molecular weight is 848 g/mol. The predicted octanol–water partition coefficient (Wildman–Crippen LogP) is 4.41. The molecule has 2 fully saturated rings. The Hall–Kier alpha value is -4.63. The van der Waals surface area contributed by atoms with Crippen LogP contribution in [0.25, 0.3) is 0 Å². The number of primary amides is 1. The Bertz CT molecular complexity index is 1810. The SMILES string of the molecule is CC(C)/C=C/C(C(=NCC(=O)N1CC[C@@H](C)[C@H]1C(N)=O)NC(C(=O)NC(C(=O)N[C@H](CC(=O)N1CCNCC1)c1nccs1)[C@@H](C)c1ccccc1)C(C)(C)C)C(C)(C)C. The van der Waals surface area contributed by atoms with Crippen molar-refractivity contribution in [1.29, 1.82) is 0 Å². The number of aliphatic imine (C=N–C) groups is 1. The number of hydrogen-bond donors (Lipinski definition) is 5. The zero-order chi connectivity index (χ0) is 44.4. The van der Waals surface area contributed by atoms with Gasteiger partial charge in [0.15, 0.2) is 0 Å². The van der Waals surface area contributed by atoms with Gasteiger partial charge in [0.25, 0.3) is 0 Å². The van der Waals surface area contributed by atoms with Gasteiger partial charge in [0.05, 0.1) is 12.5 Å². The number of amidine groups is 1. The van der Waals surface area contributed by atoms with Crippen molar-refractivity contribution in [1.82, 2.24) is 36.1 Å². The number of benzene rings is 1. The highest BCUT2D eigenvalue weighted by Gasteiger charge is 2.41. The Morgan fingerprint density at radius 3 is 2.15 bits per heavy atom. The lowest BCUT2D eigenvalue weighted by Gasteiger charge is -2.37. The molecular formula is C45H69N9O5S. The van der Waals surface area contributed by atoms with Gasteiger partial charge in [-0.2, -0.15) is 0 Å². The van der Waals surface area contributed by atoms with Crippen LogP contribution in [-0.4, -0.2) is 108 Å². The first-order chi connectivity index (χ1) is 28.2. The lowest BCUT2D eigenvalue weighted by Crippen LogP contribution is -2.60. The summed E-state index contributed by atoms with van der Waals surface area (Å²) in [5.41, 5.74) is 5.47. The van der Waals surface area contributed by atoms with Crippen LogP contribution in [0.5, 0.6) is 0 Å². The highest BCUT2D eigenvalue weighted by molar-refractivity contribution is 7.09. The van der Waals surface area contributed by atoms with Gasteiger partial charge in [0, 0.05) is 56.1 Å². The maximum Gasteiger partial charge on any atom is 0.244 e. The van der Waals surface area contributed by atoms with Gasteiger partial charge in [0.2, 0.25) is 29.5 Å². The lowest BCUT2D eigenvalue weighted by molar-refractivity contribution is -0.136. The fraction of sp³-hybridized carbons (Fsp3) is 0.622. The van der Waals surface area contributed by atoms with E-state index < -0.39 is 58.6 Å². The number of likely N-dealkylation sites (tertiary alicyclic amines) is 1. The first-order valence-electron chi connectivity index (χ1n) is 21.3. The number of nitrogens with two attached hydrogens (primary N) is 1. The summed E-state index contributed by atoms with van der Waals surface area (Å²) in [6.07, 6.45) is 6.49. The van der Waals surface area contributed by atoms with E-state index in [1.165, 1.54) is 16.2 Å². The molecule has 0 spiro atoms. The molecular weight excluding hydrogens is 779 g/mol. The molecule has 6 N–H and O–H groups in total. The third kappa shape index (κ3) is 13.2. The molecule has 0 saturated carbocycles. The molecule has 1 aromatic carbocycles. The molecule has 3 heterocycles.